The summed E-state index contributed by atoms with van der Waals surface area (Å²) in [5.74, 6) is 0.0661. The maximum absolute atomic E-state index is 15.3. The summed E-state index contributed by atoms with van der Waals surface area (Å²) >= 11 is 0. The van der Waals surface area contributed by atoms with Crippen LogP contribution in [-0.4, -0.2) is 49.2 Å². The van der Waals surface area contributed by atoms with E-state index >= 15 is 4.39 Å². The second-order valence-electron chi connectivity index (χ2n) is 6.35. The summed E-state index contributed by atoms with van der Waals surface area (Å²) in [6.07, 6.45) is 3.41. The molecular formula is C17H17FN6O2. The molecule has 1 aliphatic heterocycles. The molecule has 1 aliphatic rings. The van der Waals surface area contributed by atoms with Gasteiger partial charge in [0.25, 0.3) is 11.8 Å². The third-order valence-corrected chi connectivity index (χ3v) is 4.52. The molecule has 4 heterocycles. The molecule has 3 aromatic rings. The van der Waals surface area contributed by atoms with Crippen LogP contribution in [0.4, 0.5) is 4.39 Å². The first-order valence-corrected chi connectivity index (χ1v) is 8.30. The lowest BCUT2D eigenvalue weighted by molar-refractivity contribution is 0.0246. The third-order valence-electron chi connectivity index (χ3n) is 4.52. The summed E-state index contributed by atoms with van der Waals surface area (Å²) < 4.78 is 20.5. The van der Waals surface area contributed by atoms with Crippen molar-refractivity contribution in [2.24, 2.45) is 0 Å². The number of H-pyrrole nitrogens is 1. The topological polar surface area (TPSA) is 101 Å². The number of carbonyl (C=O) groups is 1. The Morgan fingerprint density at radius 2 is 2.04 bits per heavy atom. The Balaban J connectivity index is 1.46. The molecule has 134 valence electrons. The van der Waals surface area contributed by atoms with Gasteiger partial charge in [0.15, 0.2) is 5.67 Å². The number of aryl methyl sites for hydroxylation is 1. The molecule has 0 bridgehead atoms. The summed E-state index contributed by atoms with van der Waals surface area (Å²) in [7, 11) is 0. The summed E-state index contributed by atoms with van der Waals surface area (Å²) in [5.41, 5.74) is 0.114. The number of hydrogen-bond donors (Lipinski definition) is 1. The molecule has 9 heteroatoms. The number of pyridine rings is 1. The van der Waals surface area contributed by atoms with Crippen LogP contribution in [0.2, 0.25) is 0 Å². The van der Waals surface area contributed by atoms with Crippen LogP contribution in [0.3, 0.4) is 0 Å². The van der Waals surface area contributed by atoms with Crippen molar-refractivity contribution in [3.63, 3.8) is 0 Å². The van der Waals surface area contributed by atoms with Gasteiger partial charge in [-0.2, -0.15) is 10.1 Å². The lowest BCUT2D eigenvalue weighted by Crippen LogP contribution is -2.43. The van der Waals surface area contributed by atoms with Crippen molar-refractivity contribution >= 4 is 5.91 Å². The molecule has 0 atom stereocenters. The maximum Gasteiger partial charge on any atom is 0.274 e. The van der Waals surface area contributed by atoms with Crippen LogP contribution in [0.1, 0.15) is 34.9 Å². The average Bonchev–Trinajstić information content (AvgIpc) is 3.32. The van der Waals surface area contributed by atoms with E-state index in [2.05, 4.69) is 25.3 Å². The van der Waals surface area contributed by atoms with Crippen molar-refractivity contribution in [3.8, 4) is 11.4 Å². The maximum atomic E-state index is 15.3. The van der Waals surface area contributed by atoms with Gasteiger partial charge in [-0.25, -0.2) is 4.39 Å². The van der Waals surface area contributed by atoms with Crippen LogP contribution in [0.25, 0.3) is 11.4 Å². The first-order valence-electron chi connectivity index (χ1n) is 8.30. The van der Waals surface area contributed by atoms with E-state index in [-0.39, 0.29) is 37.7 Å². The van der Waals surface area contributed by atoms with Crippen molar-refractivity contribution < 1.29 is 13.7 Å². The predicted molar refractivity (Wildman–Crippen MR) is 88.8 cm³/mol. The minimum atomic E-state index is -1.74. The van der Waals surface area contributed by atoms with E-state index in [1.165, 1.54) is 0 Å². The highest BCUT2D eigenvalue weighted by molar-refractivity contribution is 5.92. The SMILES string of the molecule is Cc1cc(C(=O)N2CCC(F)(c3nc(-c4ccncc4)no3)CC2)n[nH]1. The van der Waals surface area contributed by atoms with Crippen molar-refractivity contribution in [2.45, 2.75) is 25.4 Å². The van der Waals surface area contributed by atoms with Gasteiger partial charge in [0.2, 0.25) is 5.82 Å². The van der Waals surface area contributed by atoms with Gasteiger partial charge in [-0.3, -0.25) is 14.9 Å². The summed E-state index contributed by atoms with van der Waals surface area (Å²) in [6, 6.07) is 5.14. The van der Waals surface area contributed by atoms with Crippen LogP contribution >= 0.6 is 0 Å². The van der Waals surface area contributed by atoms with Crippen LogP contribution in [-0.2, 0) is 5.67 Å². The first-order chi connectivity index (χ1) is 12.5. The minimum Gasteiger partial charge on any atom is -0.337 e. The van der Waals surface area contributed by atoms with Gasteiger partial charge < -0.3 is 9.42 Å². The smallest absolute Gasteiger partial charge is 0.274 e. The normalized spacial score (nSPS) is 16.6. The molecule has 26 heavy (non-hydrogen) atoms. The number of aromatic nitrogens is 5. The van der Waals surface area contributed by atoms with Crippen molar-refractivity contribution in [2.75, 3.05) is 13.1 Å². The van der Waals surface area contributed by atoms with E-state index in [4.69, 9.17) is 4.52 Å². The molecule has 0 aromatic carbocycles. The second kappa shape index (κ2) is 6.32. The zero-order valence-corrected chi connectivity index (χ0v) is 14.1. The quantitative estimate of drug-likeness (QED) is 0.772. The summed E-state index contributed by atoms with van der Waals surface area (Å²) in [5, 5.41) is 10.6. The fraction of sp³-hybridized carbons (Fsp3) is 0.353. The number of alkyl halides is 1. The molecule has 1 fully saturated rings. The van der Waals surface area contributed by atoms with Gasteiger partial charge in [-0.15, -0.1) is 0 Å². The zero-order chi connectivity index (χ0) is 18.1. The van der Waals surface area contributed by atoms with E-state index in [0.717, 1.165) is 5.69 Å². The molecule has 0 unspecified atom stereocenters. The number of piperidine rings is 1. The van der Waals surface area contributed by atoms with Gasteiger partial charge >= 0.3 is 0 Å². The van der Waals surface area contributed by atoms with E-state index in [9.17, 15) is 4.79 Å². The highest BCUT2D eigenvalue weighted by Gasteiger charge is 2.42. The molecule has 1 saturated heterocycles. The highest BCUT2D eigenvalue weighted by Crippen LogP contribution is 2.37. The molecule has 3 aromatic heterocycles. The van der Waals surface area contributed by atoms with Gasteiger partial charge in [0, 0.05) is 49.6 Å². The lowest BCUT2D eigenvalue weighted by Gasteiger charge is -2.33. The Bertz CT molecular complexity index is 914. The average molecular weight is 356 g/mol. The zero-order valence-electron chi connectivity index (χ0n) is 14.1. The number of hydrogen-bond acceptors (Lipinski definition) is 6. The number of amides is 1. The highest BCUT2D eigenvalue weighted by atomic mass is 19.1. The van der Waals surface area contributed by atoms with Crippen LogP contribution in [0.15, 0.2) is 35.1 Å². The van der Waals surface area contributed by atoms with Crippen LogP contribution < -0.4 is 0 Å². The predicted octanol–water partition coefficient (Wildman–Crippen LogP) is 2.26. The van der Waals surface area contributed by atoms with E-state index in [1.54, 1.807) is 35.5 Å². The second-order valence-corrected chi connectivity index (χ2v) is 6.35. The number of halogens is 1. The van der Waals surface area contributed by atoms with Gasteiger partial charge in [0.05, 0.1) is 0 Å². The monoisotopic (exact) mass is 356 g/mol. The van der Waals surface area contributed by atoms with Crippen molar-refractivity contribution in [1.82, 2.24) is 30.2 Å². The molecule has 8 nitrogen and oxygen atoms in total. The Labute approximate surface area is 148 Å². The molecule has 0 aliphatic carbocycles. The number of nitrogens with zero attached hydrogens (tertiary/aromatic N) is 5. The number of aromatic amines is 1. The summed E-state index contributed by atoms with van der Waals surface area (Å²) in [4.78, 5) is 22.1. The number of carbonyl (C=O) groups excluding carboxylic acids is 1. The minimum absolute atomic E-state index is 0.0491. The molecular weight excluding hydrogens is 339 g/mol. The number of likely N-dealkylation sites (tertiary alicyclic amines) is 1. The van der Waals surface area contributed by atoms with Gasteiger partial charge in [0.1, 0.15) is 5.69 Å². The van der Waals surface area contributed by atoms with Crippen LogP contribution in [0, 0.1) is 6.92 Å². The van der Waals surface area contributed by atoms with Crippen LogP contribution in [0.5, 0.6) is 0 Å². The van der Waals surface area contributed by atoms with Crippen molar-refractivity contribution in [3.05, 3.63) is 47.9 Å². The van der Waals surface area contributed by atoms with E-state index in [1.807, 2.05) is 6.92 Å². The first kappa shape index (κ1) is 16.4. The summed E-state index contributed by atoms with van der Waals surface area (Å²) in [6.45, 7) is 2.34. The molecule has 0 saturated carbocycles. The lowest BCUT2D eigenvalue weighted by atomic mass is 9.93. The molecule has 4 rings (SSSR count). The Hall–Kier alpha value is -3.10. The standard InChI is InChI=1S/C17H17FN6O2/c1-11-10-13(22-21-11)15(25)24-8-4-17(18,5-9-24)16-20-14(23-26-16)12-2-6-19-7-3-12/h2-3,6-7,10H,4-5,8-9H2,1H3,(H,21,22). The molecule has 0 spiro atoms. The molecule has 1 N–H and O–H groups in total. The van der Waals surface area contributed by atoms with E-state index < -0.39 is 5.67 Å². The van der Waals surface area contributed by atoms with E-state index in [0.29, 0.717) is 17.1 Å². The Morgan fingerprint density at radius 3 is 2.69 bits per heavy atom. The van der Waals surface area contributed by atoms with Gasteiger partial charge in [-0.05, 0) is 25.1 Å². The van der Waals surface area contributed by atoms with Crippen molar-refractivity contribution in [1.29, 1.82) is 0 Å². The Kier molecular flexibility index (Phi) is 3.98. The molecule has 0 radical (unpaired) electrons. The largest absolute Gasteiger partial charge is 0.337 e. The Morgan fingerprint density at radius 1 is 1.31 bits per heavy atom. The third kappa shape index (κ3) is 2.96. The number of nitrogens with one attached hydrogen (secondary N) is 1. The van der Waals surface area contributed by atoms with Gasteiger partial charge in [-0.1, -0.05) is 5.16 Å². The molecule has 1 amide bonds. The fourth-order valence-corrected chi connectivity index (χ4v) is 2.99. The fourth-order valence-electron chi connectivity index (χ4n) is 2.99. The number of rotatable bonds is 3.